The van der Waals surface area contributed by atoms with Gasteiger partial charge in [-0.2, -0.15) is 13.2 Å². The maximum absolute atomic E-state index is 12.2. The van der Waals surface area contributed by atoms with Gasteiger partial charge >= 0.3 is 12.1 Å². The van der Waals surface area contributed by atoms with Gasteiger partial charge in [-0.15, -0.1) is 0 Å². The van der Waals surface area contributed by atoms with Crippen LogP contribution >= 0.6 is 0 Å². The topological polar surface area (TPSA) is 41.6 Å². The molecule has 0 atom stereocenters. The van der Waals surface area contributed by atoms with E-state index in [1.165, 1.54) is 0 Å². The largest absolute Gasteiger partial charge is 0.465 e. The molecule has 96 valence electrons. The van der Waals surface area contributed by atoms with Crippen LogP contribution in [0.25, 0.3) is 0 Å². The van der Waals surface area contributed by atoms with Gasteiger partial charge in [0.25, 0.3) is 0 Å². The molecule has 0 unspecified atom stereocenters. The van der Waals surface area contributed by atoms with Gasteiger partial charge < -0.3 is 10.1 Å². The average Bonchev–Trinajstić information content (AvgIpc) is 2.12. The standard InChI is InChI=1S/C9H17F3N2O2/c1-3-16-8(15)6-14(5-4-13-2)7-9(10,11)12/h13H,3-7H2,1-2H3. The zero-order valence-corrected chi connectivity index (χ0v) is 9.43. The molecule has 0 saturated carbocycles. The number of alkyl halides is 3. The fourth-order valence-electron chi connectivity index (χ4n) is 1.13. The Morgan fingerprint density at radius 2 is 2.06 bits per heavy atom. The van der Waals surface area contributed by atoms with Gasteiger partial charge in [0.2, 0.25) is 0 Å². The Hall–Kier alpha value is -0.820. The van der Waals surface area contributed by atoms with Crippen molar-refractivity contribution >= 4 is 5.97 Å². The zero-order valence-electron chi connectivity index (χ0n) is 9.43. The van der Waals surface area contributed by atoms with Crippen LogP contribution in [0, 0.1) is 0 Å². The summed E-state index contributed by atoms with van der Waals surface area (Å²) < 4.78 is 41.1. The van der Waals surface area contributed by atoms with Crippen molar-refractivity contribution in [2.24, 2.45) is 0 Å². The van der Waals surface area contributed by atoms with Crippen LogP contribution in [0.2, 0.25) is 0 Å². The zero-order chi connectivity index (χ0) is 12.6. The number of halogens is 3. The lowest BCUT2D eigenvalue weighted by Gasteiger charge is -2.22. The minimum absolute atomic E-state index is 0.148. The minimum Gasteiger partial charge on any atom is -0.465 e. The lowest BCUT2D eigenvalue weighted by atomic mass is 10.4. The average molecular weight is 242 g/mol. The maximum Gasteiger partial charge on any atom is 0.401 e. The van der Waals surface area contributed by atoms with Crippen molar-refractivity contribution in [2.45, 2.75) is 13.1 Å². The van der Waals surface area contributed by atoms with Crippen LogP contribution < -0.4 is 5.32 Å². The first kappa shape index (κ1) is 15.2. The third-order valence-corrected chi connectivity index (χ3v) is 1.74. The molecular formula is C9H17F3N2O2. The van der Waals surface area contributed by atoms with E-state index in [-0.39, 0.29) is 19.7 Å². The molecule has 0 rings (SSSR count). The summed E-state index contributed by atoms with van der Waals surface area (Å²) in [6.07, 6.45) is -4.31. The molecule has 0 aliphatic rings. The molecule has 0 aliphatic heterocycles. The fourth-order valence-corrected chi connectivity index (χ4v) is 1.13. The van der Waals surface area contributed by atoms with Crippen LogP contribution in [0.3, 0.4) is 0 Å². The summed E-state index contributed by atoms with van der Waals surface area (Å²) in [7, 11) is 1.64. The number of nitrogens with one attached hydrogen (secondary N) is 1. The first-order valence-corrected chi connectivity index (χ1v) is 4.98. The highest BCUT2D eigenvalue weighted by atomic mass is 19.4. The van der Waals surface area contributed by atoms with E-state index in [0.29, 0.717) is 6.54 Å². The molecule has 0 saturated heterocycles. The van der Waals surface area contributed by atoms with E-state index in [0.717, 1.165) is 4.90 Å². The van der Waals surface area contributed by atoms with E-state index in [4.69, 9.17) is 0 Å². The monoisotopic (exact) mass is 242 g/mol. The SMILES string of the molecule is CCOC(=O)CN(CCNC)CC(F)(F)F. The number of likely N-dealkylation sites (N-methyl/N-ethyl adjacent to an activating group) is 1. The van der Waals surface area contributed by atoms with E-state index < -0.39 is 18.7 Å². The Morgan fingerprint density at radius 1 is 1.44 bits per heavy atom. The Kier molecular flexibility index (Phi) is 7.07. The fraction of sp³-hybridized carbons (Fsp3) is 0.889. The van der Waals surface area contributed by atoms with Crippen LogP contribution in [0.5, 0.6) is 0 Å². The normalized spacial score (nSPS) is 11.9. The Balaban J connectivity index is 4.14. The summed E-state index contributed by atoms with van der Waals surface area (Å²) in [6, 6.07) is 0. The number of carbonyl (C=O) groups is 1. The molecule has 16 heavy (non-hydrogen) atoms. The van der Waals surface area contributed by atoms with Crippen molar-refractivity contribution in [1.82, 2.24) is 10.2 Å². The van der Waals surface area contributed by atoms with Crippen molar-refractivity contribution in [3.8, 4) is 0 Å². The van der Waals surface area contributed by atoms with Gasteiger partial charge in [-0.1, -0.05) is 0 Å². The molecule has 7 heteroatoms. The predicted octanol–water partition coefficient (Wildman–Crippen LogP) is 0.633. The van der Waals surface area contributed by atoms with Gasteiger partial charge in [-0.3, -0.25) is 9.69 Å². The smallest absolute Gasteiger partial charge is 0.401 e. The number of hydrogen-bond acceptors (Lipinski definition) is 4. The molecule has 0 radical (unpaired) electrons. The van der Waals surface area contributed by atoms with Gasteiger partial charge in [-0.25, -0.2) is 0 Å². The van der Waals surface area contributed by atoms with E-state index in [2.05, 4.69) is 10.1 Å². The van der Waals surface area contributed by atoms with E-state index in [1.807, 2.05) is 0 Å². The molecule has 1 N–H and O–H groups in total. The molecule has 0 aromatic rings. The molecule has 0 aromatic heterocycles. The van der Waals surface area contributed by atoms with Crippen LogP contribution in [-0.2, 0) is 9.53 Å². The highest BCUT2D eigenvalue weighted by molar-refractivity contribution is 5.71. The highest BCUT2D eigenvalue weighted by Crippen LogP contribution is 2.16. The van der Waals surface area contributed by atoms with Crippen molar-refractivity contribution in [3.05, 3.63) is 0 Å². The number of nitrogens with zero attached hydrogens (tertiary/aromatic N) is 1. The third kappa shape index (κ3) is 8.49. The van der Waals surface area contributed by atoms with Crippen LogP contribution in [0.15, 0.2) is 0 Å². The van der Waals surface area contributed by atoms with Gasteiger partial charge in [0.1, 0.15) is 0 Å². The molecule has 0 bridgehead atoms. The van der Waals surface area contributed by atoms with Crippen molar-refractivity contribution in [3.63, 3.8) is 0 Å². The number of rotatable bonds is 7. The summed E-state index contributed by atoms with van der Waals surface area (Å²) in [6.45, 7) is 0.872. The molecule has 0 spiro atoms. The van der Waals surface area contributed by atoms with E-state index in [9.17, 15) is 18.0 Å². The quantitative estimate of drug-likeness (QED) is 0.665. The summed E-state index contributed by atoms with van der Waals surface area (Å²) in [5.41, 5.74) is 0. The summed E-state index contributed by atoms with van der Waals surface area (Å²) in [5, 5.41) is 2.73. The number of carbonyl (C=O) groups excluding carboxylic acids is 1. The van der Waals surface area contributed by atoms with Gasteiger partial charge in [0.05, 0.1) is 19.7 Å². The Morgan fingerprint density at radius 3 is 2.50 bits per heavy atom. The van der Waals surface area contributed by atoms with Crippen molar-refractivity contribution < 1.29 is 22.7 Å². The lowest BCUT2D eigenvalue weighted by molar-refractivity contribution is -0.156. The summed E-state index contributed by atoms with van der Waals surface area (Å²) in [5.74, 6) is -0.636. The number of esters is 1. The van der Waals surface area contributed by atoms with Crippen LogP contribution in [0.4, 0.5) is 13.2 Å². The summed E-state index contributed by atoms with van der Waals surface area (Å²) in [4.78, 5) is 12.1. The van der Waals surface area contributed by atoms with Gasteiger partial charge in [-0.05, 0) is 14.0 Å². The minimum atomic E-state index is -4.31. The van der Waals surface area contributed by atoms with Gasteiger partial charge in [0.15, 0.2) is 0 Å². The van der Waals surface area contributed by atoms with E-state index >= 15 is 0 Å². The van der Waals surface area contributed by atoms with Crippen molar-refractivity contribution in [1.29, 1.82) is 0 Å². The summed E-state index contributed by atoms with van der Waals surface area (Å²) >= 11 is 0. The van der Waals surface area contributed by atoms with Crippen LogP contribution in [-0.4, -0.2) is 56.9 Å². The molecule has 0 amide bonds. The first-order valence-electron chi connectivity index (χ1n) is 4.98. The lowest BCUT2D eigenvalue weighted by Crippen LogP contribution is -2.41. The second-order valence-electron chi connectivity index (χ2n) is 3.23. The molecule has 0 aliphatic carbocycles. The predicted molar refractivity (Wildman–Crippen MR) is 53.1 cm³/mol. The highest BCUT2D eigenvalue weighted by Gasteiger charge is 2.31. The van der Waals surface area contributed by atoms with Crippen molar-refractivity contribution in [2.75, 3.05) is 39.8 Å². The Bertz CT molecular complexity index is 209. The van der Waals surface area contributed by atoms with E-state index in [1.54, 1.807) is 14.0 Å². The number of hydrogen-bond donors (Lipinski definition) is 1. The molecule has 4 nitrogen and oxygen atoms in total. The third-order valence-electron chi connectivity index (χ3n) is 1.74. The molecule has 0 fully saturated rings. The molecule has 0 heterocycles. The molecular weight excluding hydrogens is 225 g/mol. The second kappa shape index (κ2) is 7.45. The number of ether oxygens (including phenoxy) is 1. The molecule has 0 aromatic carbocycles. The second-order valence-corrected chi connectivity index (χ2v) is 3.23. The van der Waals surface area contributed by atoms with Gasteiger partial charge in [0, 0.05) is 13.1 Å². The Labute approximate surface area is 92.7 Å². The first-order chi connectivity index (χ1) is 7.39. The maximum atomic E-state index is 12.2. The van der Waals surface area contributed by atoms with Crippen LogP contribution in [0.1, 0.15) is 6.92 Å².